The molecule has 1 saturated carbocycles. The summed E-state index contributed by atoms with van der Waals surface area (Å²) in [5.74, 6) is -0.271. The predicted molar refractivity (Wildman–Crippen MR) is 76.0 cm³/mol. The predicted octanol–water partition coefficient (Wildman–Crippen LogP) is 2.14. The molecule has 20 heavy (non-hydrogen) atoms. The highest BCUT2D eigenvalue weighted by Gasteiger charge is 2.28. The van der Waals surface area contributed by atoms with Gasteiger partial charge in [0, 0.05) is 12.6 Å². The van der Waals surface area contributed by atoms with E-state index in [-0.39, 0.29) is 17.5 Å². The molecule has 0 spiro atoms. The average Bonchev–Trinajstić information content (AvgIpc) is 2.41. The number of halogens is 1. The van der Waals surface area contributed by atoms with Crippen molar-refractivity contribution in [3.05, 3.63) is 29.6 Å². The van der Waals surface area contributed by atoms with E-state index in [9.17, 15) is 12.8 Å². The van der Waals surface area contributed by atoms with Gasteiger partial charge in [-0.3, -0.25) is 0 Å². The molecule has 0 bridgehead atoms. The number of hydrogen-bond donors (Lipinski definition) is 2. The van der Waals surface area contributed by atoms with Gasteiger partial charge in [0.15, 0.2) is 0 Å². The van der Waals surface area contributed by atoms with Crippen LogP contribution >= 0.6 is 0 Å². The number of sulfonamides is 1. The van der Waals surface area contributed by atoms with Gasteiger partial charge in [0.25, 0.3) is 0 Å². The summed E-state index contributed by atoms with van der Waals surface area (Å²) in [5.41, 5.74) is 5.98. The van der Waals surface area contributed by atoms with Crippen LogP contribution in [0.2, 0.25) is 0 Å². The Kier molecular flexibility index (Phi) is 4.78. The zero-order valence-corrected chi connectivity index (χ0v) is 12.4. The summed E-state index contributed by atoms with van der Waals surface area (Å²) in [4.78, 5) is -0.0437. The molecule has 3 N–H and O–H groups in total. The molecule has 0 aliphatic heterocycles. The Morgan fingerprint density at radius 1 is 1.35 bits per heavy atom. The molecule has 1 aromatic carbocycles. The van der Waals surface area contributed by atoms with E-state index in [1.165, 1.54) is 12.1 Å². The van der Waals surface area contributed by atoms with Crippen molar-refractivity contribution in [3.63, 3.8) is 0 Å². The molecule has 1 fully saturated rings. The lowest BCUT2D eigenvalue weighted by molar-refractivity contribution is 0.310. The molecule has 0 heterocycles. The van der Waals surface area contributed by atoms with Crippen molar-refractivity contribution in [3.8, 4) is 0 Å². The number of hydrogen-bond acceptors (Lipinski definition) is 3. The summed E-state index contributed by atoms with van der Waals surface area (Å²) in [6.07, 6.45) is 3.99. The lowest BCUT2D eigenvalue weighted by atomic mass is 9.87. The van der Waals surface area contributed by atoms with Gasteiger partial charge in [-0.2, -0.15) is 0 Å². The van der Waals surface area contributed by atoms with Gasteiger partial charge in [-0.1, -0.05) is 25.8 Å². The Morgan fingerprint density at radius 3 is 2.70 bits per heavy atom. The van der Waals surface area contributed by atoms with Crippen molar-refractivity contribution < 1.29 is 12.8 Å². The molecular weight excluding hydrogens is 279 g/mol. The van der Waals surface area contributed by atoms with Crippen molar-refractivity contribution in [2.45, 2.75) is 50.1 Å². The van der Waals surface area contributed by atoms with Crippen LogP contribution in [-0.4, -0.2) is 14.5 Å². The molecule has 0 saturated heterocycles. The molecule has 112 valence electrons. The maximum absolute atomic E-state index is 13.3. The van der Waals surface area contributed by atoms with Crippen LogP contribution in [0.25, 0.3) is 0 Å². The Labute approximate surface area is 119 Å². The van der Waals surface area contributed by atoms with E-state index < -0.39 is 15.8 Å². The summed E-state index contributed by atoms with van der Waals surface area (Å²) in [6.45, 7) is 2.11. The van der Waals surface area contributed by atoms with Crippen LogP contribution in [-0.2, 0) is 16.6 Å². The highest BCUT2D eigenvalue weighted by molar-refractivity contribution is 7.89. The molecule has 1 aliphatic carbocycles. The van der Waals surface area contributed by atoms with Gasteiger partial charge in [0.05, 0.1) is 4.90 Å². The molecular formula is C14H21FN2O2S. The highest BCUT2D eigenvalue weighted by atomic mass is 32.2. The molecule has 0 aromatic heterocycles. The first-order chi connectivity index (χ1) is 9.44. The number of nitrogens with two attached hydrogens (primary N) is 1. The molecule has 2 atom stereocenters. The van der Waals surface area contributed by atoms with Gasteiger partial charge in [0.2, 0.25) is 10.0 Å². The third-order valence-electron chi connectivity index (χ3n) is 3.96. The SMILES string of the molecule is CC1CCCCC1NS(=O)(=O)c1cc(F)ccc1CN. The lowest BCUT2D eigenvalue weighted by Gasteiger charge is -2.29. The summed E-state index contributed by atoms with van der Waals surface area (Å²) in [6, 6.07) is 3.61. The number of nitrogens with one attached hydrogen (secondary N) is 1. The highest BCUT2D eigenvalue weighted by Crippen LogP contribution is 2.26. The van der Waals surface area contributed by atoms with Crippen molar-refractivity contribution in [2.75, 3.05) is 0 Å². The Morgan fingerprint density at radius 2 is 2.05 bits per heavy atom. The van der Waals surface area contributed by atoms with Gasteiger partial charge in [-0.15, -0.1) is 0 Å². The first kappa shape index (κ1) is 15.4. The van der Waals surface area contributed by atoms with E-state index in [1.54, 1.807) is 0 Å². The maximum Gasteiger partial charge on any atom is 0.241 e. The minimum atomic E-state index is -3.73. The summed E-state index contributed by atoms with van der Waals surface area (Å²) < 4.78 is 40.9. The van der Waals surface area contributed by atoms with E-state index in [1.807, 2.05) is 6.92 Å². The molecule has 2 unspecified atom stereocenters. The minimum absolute atomic E-state index is 0.0437. The standard InChI is InChI=1S/C14H21FN2O2S/c1-10-4-2-3-5-13(10)17-20(18,19)14-8-12(15)7-6-11(14)9-16/h6-8,10,13,17H,2-5,9,16H2,1H3. The zero-order chi connectivity index (χ0) is 14.8. The van der Waals surface area contributed by atoms with Crippen molar-refractivity contribution in [2.24, 2.45) is 11.7 Å². The second-order valence-corrected chi connectivity index (χ2v) is 7.13. The average molecular weight is 300 g/mol. The van der Waals surface area contributed by atoms with Crippen LogP contribution in [0.1, 0.15) is 38.2 Å². The zero-order valence-electron chi connectivity index (χ0n) is 11.6. The topological polar surface area (TPSA) is 72.2 Å². The van der Waals surface area contributed by atoms with Gasteiger partial charge in [-0.25, -0.2) is 17.5 Å². The van der Waals surface area contributed by atoms with Crippen molar-refractivity contribution in [1.29, 1.82) is 0 Å². The van der Waals surface area contributed by atoms with E-state index in [2.05, 4.69) is 4.72 Å². The minimum Gasteiger partial charge on any atom is -0.326 e. The summed E-state index contributed by atoms with van der Waals surface area (Å²) in [7, 11) is -3.73. The summed E-state index contributed by atoms with van der Waals surface area (Å²) in [5, 5.41) is 0. The fourth-order valence-corrected chi connectivity index (χ4v) is 4.34. The van der Waals surface area contributed by atoms with Crippen LogP contribution in [0.3, 0.4) is 0 Å². The molecule has 0 amide bonds. The van der Waals surface area contributed by atoms with Crippen LogP contribution < -0.4 is 10.5 Å². The van der Waals surface area contributed by atoms with Crippen LogP contribution in [0.5, 0.6) is 0 Å². The van der Waals surface area contributed by atoms with Gasteiger partial charge < -0.3 is 5.73 Å². The third-order valence-corrected chi connectivity index (χ3v) is 5.53. The van der Waals surface area contributed by atoms with Crippen LogP contribution in [0.15, 0.2) is 23.1 Å². The van der Waals surface area contributed by atoms with Crippen molar-refractivity contribution in [1.82, 2.24) is 4.72 Å². The number of benzene rings is 1. The lowest BCUT2D eigenvalue weighted by Crippen LogP contribution is -2.41. The van der Waals surface area contributed by atoms with Gasteiger partial charge in [0.1, 0.15) is 5.82 Å². The molecule has 1 aliphatic rings. The van der Waals surface area contributed by atoms with E-state index in [4.69, 9.17) is 5.73 Å². The second kappa shape index (κ2) is 6.20. The fraction of sp³-hybridized carbons (Fsp3) is 0.571. The smallest absolute Gasteiger partial charge is 0.241 e. The quantitative estimate of drug-likeness (QED) is 0.895. The van der Waals surface area contributed by atoms with E-state index >= 15 is 0 Å². The maximum atomic E-state index is 13.3. The van der Waals surface area contributed by atoms with Gasteiger partial charge in [-0.05, 0) is 36.5 Å². The molecule has 4 nitrogen and oxygen atoms in total. The fourth-order valence-electron chi connectivity index (χ4n) is 2.70. The molecule has 0 radical (unpaired) electrons. The first-order valence-electron chi connectivity index (χ1n) is 6.95. The number of rotatable bonds is 4. The molecule has 1 aromatic rings. The Balaban J connectivity index is 2.28. The molecule has 6 heteroatoms. The van der Waals surface area contributed by atoms with Crippen LogP contribution in [0, 0.1) is 11.7 Å². The normalized spacial score (nSPS) is 23.8. The monoisotopic (exact) mass is 300 g/mol. The Hall–Kier alpha value is -0.980. The molecule has 2 rings (SSSR count). The Bertz CT molecular complexity index is 575. The van der Waals surface area contributed by atoms with Crippen molar-refractivity contribution >= 4 is 10.0 Å². The summed E-state index contributed by atoms with van der Waals surface area (Å²) >= 11 is 0. The largest absolute Gasteiger partial charge is 0.326 e. The van der Waals surface area contributed by atoms with E-state index in [0.29, 0.717) is 11.5 Å². The van der Waals surface area contributed by atoms with E-state index in [0.717, 1.165) is 31.7 Å². The van der Waals surface area contributed by atoms with Crippen LogP contribution in [0.4, 0.5) is 4.39 Å². The van der Waals surface area contributed by atoms with Gasteiger partial charge >= 0.3 is 0 Å². The first-order valence-corrected chi connectivity index (χ1v) is 8.43. The second-order valence-electron chi connectivity index (χ2n) is 5.45. The third kappa shape index (κ3) is 3.37.